The van der Waals surface area contributed by atoms with E-state index in [9.17, 15) is 23.3 Å². The number of amides is 1. The quantitative estimate of drug-likeness (QED) is 0.400. The molecule has 0 aliphatic carbocycles. The third kappa shape index (κ3) is 5.01. The maximum Gasteiger partial charge on any atom is 0.274 e. The lowest BCUT2D eigenvalue weighted by Gasteiger charge is -2.12. The Labute approximate surface area is 184 Å². The molecular weight excluding hydrogens is 442 g/mol. The molecule has 0 spiro atoms. The first-order valence-electron chi connectivity index (χ1n) is 9.03. The number of nitrogens with one attached hydrogen (secondary N) is 2. The van der Waals surface area contributed by atoms with Crippen molar-refractivity contribution in [3.63, 3.8) is 0 Å². The number of nitro benzene ring substituents is 1. The molecule has 0 heterocycles. The Hall–Kier alpha value is -3.43. The van der Waals surface area contributed by atoms with E-state index in [1.807, 2.05) is 6.92 Å². The molecule has 0 atom stereocenters. The van der Waals surface area contributed by atoms with Crippen LogP contribution in [0.25, 0.3) is 0 Å². The van der Waals surface area contributed by atoms with Gasteiger partial charge in [0.2, 0.25) is 0 Å². The van der Waals surface area contributed by atoms with Crippen LogP contribution in [0.4, 0.5) is 17.1 Å². The molecule has 1 amide bonds. The molecule has 2 N–H and O–H groups in total. The summed E-state index contributed by atoms with van der Waals surface area (Å²) in [5.74, 6) is -0.582. The lowest BCUT2D eigenvalue weighted by atomic mass is 10.1. The summed E-state index contributed by atoms with van der Waals surface area (Å²) in [7, 11) is -3.82. The second kappa shape index (κ2) is 8.75. The van der Waals surface area contributed by atoms with Crippen LogP contribution in [-0.2, 0) is 10.0 Å². The second-order valence-corrected chi connectivity index (χ2v) is 8.86. The van der Waals surface area contributed by atoms with E-state index < -0.39 is 20.9 Å². The number of sulfonamides is 1. The van der Waals surface area contributed by atoms with Crippen molar-refractivity contribution in [3.05, 3.63) is 92.5 Å². The first kappa shape index (κ1) is 22.3. The highest BCUT2D eigenvalue weighted by Crippen LogP contribution is 2.28. The maximum absolute atomic E-state index is 12.6. The molecule has 0 aliphatic rings. The van der Waals surface area contributed by atoms with Crippen molar-refractivity contribution in [1.29, 1.82) is 0 Å². The number of aryl methyl sites for hydroxylation is 1. The highest BCUT2D eigenvalue weighted by molar-refractivity contribution is 7.92. The van der Waals surface area contributed by atoms with Gasteiger partial charge in [-0.2, -0.15) is 0 Å². The van der Waals surface area contributed by atoms with Crippen LogP contribution in [0.1, 0.15) is 21.5 Å². The molecule has 3 rings (SSSR count). The second-order valence-electron chi connectivity index (χ2n) is 6.77. The fourth-order valence-corrected chi connectivity index (χ4v) is 4.16. The normalized spacial score (nSPS) is 11.1. The van der Waals surface area contributed by atoms with Gasteiger partial charge in [0, 0.05) is 6.07 Å². The van der Waals surface area contributed by atoms with Gasteiger partial charge in [-0.3, -0.25) is 19.6 Å². The van der Waals surface area contributed by atoms with E-state index in [1.54, 1.807) is 12.1 Å². The van der Waals surface area contributed by atoms with E-state index in [0.717, 1.165) is 5.56 Å². The van der Waals surface area contributed by atoms with Gasteiger partial charge in [-0.15, -0.1) is 0 Å². The summed E-state index contributed by atoms with van der Waals surface area (Å²) in [6.07, 6.45) is 0. The predicted octanol–water partition coefficient (Wildman–Crippen LogP) is 4.92. The van der Waals surface area contributed by atoms with E-state index in [-0.39, 0.29) is 32.5 Å². The van der Waals surface area contributed by atoms with Gasteiger partial charge in [0.05, 0.1) is 37.3 Å². The summed E-state index contributed by atoms with van der Waals surface area (Å²) >= 11 is 6.20. The van der Waals surface area contributed by atoms with Crippen LogP contribution in [0.5, 0.6) is 0 Å². The number of nitro groups is 1. The molecular formula is C21H18ClN3O5S. The number of hydrogen-bond acceptors (Lipinski definition) is 5. The fourth-order valence-electron chi connectivity index (χ4n) is 2.84. The molecule has 0 fully saturated rings. The van der Waals surface area contributed by atoms with Crippen molar-refractivity contribution in [3.8, 4) is 0 Å². The van der Waals surface area contributed by atoms with Crippen molar-refractivity contribution in [2.24, 2.45) is 0 Å². The molecule has 31 heavy (non-hydrogen) atoms. The number of rotatable bonds is 6. The highest BCUT2D eigenvalue weighted by atomic mass is 35.5. The standard InChI is InChI=1S/C21H18ClN3O5S/c1-13-6-9-16(10-7-13)31(29,30)24-15-8-11-17(18(22)12-15)21(26)23-19-4-3-5-20(14(19)2)25(27)28/h3-12,24H,1-2H3,(H,23,26). The van der Waals surface area contributed by atoms with Crippen LogP contribution in [0.3, 0.4) is 0 Å². The van der Waals surface area contributed by atoms with Gasteiger partial charge in [0.1, 0.15) is 0 Å². The Morgan fingerprint density at radius 1 is 1.03 bits per heavy atom. The molecule has 10 heteroatoms. The fraction of sp³-hybridized carbons (Fsp3) is 0.0952. The lowest BCUT2D eigenvalue weighted by Crippen LogP contribution is -2.15. The topological polar surface area (TPSA) is 118 Å². The number of carbonyl (C=O) groups excluding carboxylic acids is 1. The maximum atomic E-state index is 12.6. The Bertz CT molecular complexity index is 1270. The minimum Gasteiger partial charge on any atom is -0.321 e. The monoisotopic (exact) mass is 459 g/mol. The van der Waals surface area contributed by atoms with Gasteiger partial charge in [-0.1, -0.05) is 35.4 Å². The van der Waals surface area contributed by atoms with Gasteiger partial charge >= 0.3 is 0 Å². The molecule has 0 aliphatic heterocycles. The number of nitrogens with zero attached hydrogens (tertiary/aromatic N) is 1. The predicted molar refractivity (Wildman–Crippen MR) is 119 cm³/mol. The molecule has 0 bridgehead atoms. The molecule has 3 aromatic rings. The molecule has 0 saturated heterocycles. The van der Waals surface area contributed by atoms with Crippen molar-refractivity contribution >= 4 is 44.6 Å². The Morgan fingerprint density at radius 3 is 2.32 bits per heavy atom. The van der Waals surface area contributed by atoms with Crippen molar-refractivity contribution in [2.45, 2.75) is 18.7 Å². The zero-order chi connectivity index (χ0) is 22.8. The molecule has 0 unspecified atom stereocenters. The van der Waals surface area contributed by atoms with Gasteiger partial charge in [0.25, 0.3) is 21.6 Å². The SMILES string of the molecule is Cc1ccc(S(=O)(=O)Nc2ccc(C(=O)Nc3cccc([N+](=O)[O-])c3C)c(Cl)c2)cc1. The minimum atomic E-state index is -3.82. The van der Waals surface area contributed by atoms with E-state index in [0.29, 0.717) is 5.56 Å². The average molecular weight is 460 g/mol. The average Bonchev–Trinajstić information content (AvgIpc) is 2.69. The number of hydrogen-bond donors (Lipinski definition) is 2. The van der Waals surface area contributed by atoms with Crippen molar-refractivity contribution < 1.29 is 18.1 Å². The number of halogens is 1. The third-order valence-corrected chi connectivity index (χ3v) is 6.26. The summed E-state index contributed by atoms with van der Waals surface area (Å²) in [5.41, 5.74) is 1.67. The molecule has 3 aromatic carbocycles. The van der Waals surface area contributed by atoms with E-state index in [4.69, 9.17) is 11.6 Å². The Kier molecular flexibility index (Phi) is 6.28. The van der Waals surface area contributed by atoms with Crippen LogP contribution in [0.2, 0.25) is 5.02 Å². The number of benzene rings is 3. The highest BCUT2D eigenvalue weighted by Gasteiger charge is 2.19. The van der Waals surface area contributed by atoms with Crippen molar-refractivity contribution in [2.75, 3.05) is 10.0 Å². The van der Waals surface area contributed by atoms with Gasteiger partial charge in [-0.25, -0.2) is 8.42 Å². The van der Waals surface area contributed by atoms with Crippen LogP contribution in [-0.4, -0.2) is 19.2 Å². The van der Waals surface area contributed by atoms with Crippen LogP contribution >= 0.6 is 11.6 Å². The minimum absolute atomic E-state index is 0.0182. The summed E-state index contributed by atoms with van der Waals surface area (Å²) < 4.78 is 27.5. The first-order chi connectivity index (χ1) is 14.6. The van der Waals surface area contributed by atoms with E-state index >= 15 is 0 Å². The number of carbonyl (C=O) groups is 1. The molecule has 160 valence electrons. The van der Waals surface area contributed by atoms with Crippen LogP contribution in [0.15, 0.2) is 65.6 Å². The summed E-state index contributed by atoms with van der Waals surface area (Å²) in [6, 6.07) is 14.8. The lowest BCUT2D eigenvalue weighted by molar-refractivity contribution is -0.385. The number of anilines is 2. The molecule has 0 saturated carbocycles. The molecule has 8 nitrogen and oxygen atoms in total. The molecule has 0 aromatic heterocycles. The zero-order valence-corrected chi connectivity index (χ0v) is 18.1. The van der Waals surface area contributed by atoms with E-state index in [1.165, 1.54) is 55.5 Å². The smallest absolute Gasteiger partial charge is 0.274 e. The Balaban J connectivity index is 1.81. The zero-order valence-electron chi connectivity index (χ0n) is 16.5. The van der Waals surface area contributed by atoms with Crippen molar-refractivity contribution in [1.82, 2.24) is 0 Å². The van der Waals surface area contributed by atoms with Gasteiger partial charge in [0.15, 0.2) is 0 Å². The van der Waals surface area contributed by atoms with Crippen LogP contribution in [0, 0.1) is 24.0 Å². The molecule has 0 radical (unpaired) electrons. The van der Waals surface area contributed by atoms with Gasteiger partial charge < -0.3 is 5.32 Å². The van der Waals surface area contributed by atoms with Gasteiger partial charge in [-0.05, 0) is 50.2 Å². The largest absolute Gasteiger partial charge is 0.321 e. The van der Waals surface area contributed by atoms with Crippen LogP contribution < -0.4 is 10.0 Å². The third-order valence-electron chi connectivity index (χ3n) is 4.55. The summed E-state index contributed by atoms with van der Waals surface area (Å²) in [4.78, 5) is 23.2. The first-order valence-corrected chi connectivity index (χ1v) is 10.9. The summed E-state index contributed by atoms with van der Waals surface area (Å²) in [6.45, 7) is 3.38. The Morgan fingerprint density at radius 2 is 1.71 bits per heavy atom. The van der Waals surface area contributed by atoms with E-state index in [2.05, 4.69) is 10.0 Å². The summed E-state index contributed by atoms with van der Waals surface area (Å²) in [5, 5.41) is 13.7.